The Morgan fingerprint density at radius 1 is 1.31 bits per heavy atom. The molecule has 136 valence electrons. The number of pyridine rings is 1. The number of hydrogen-bond acceptors (Lipinski definition) is 5. The molecule has 1 aliphatic carbocycles. The molecule has 0 spiro atoms. The van der Waals surface area contributed by atoms with E-state index in [9.17, 15) is 19.6 Å². The van der Waals surface area contributed by atoms with Crippen LogP contribution in [0.1, 0.15) is 18.4 Å². The topological polar surface area (TPSA) is 106 Å². The highest BCUT2D eigenvalue weighted by atomic mass is 16.4. The molecule has 0 aromatic carbocycles. The molecule has 2 aliphatic rings. The number of likely N-dealkylation sites (N-methyl/N-ethyl adjacent to an activating group) is 1. The summed E-state index contributed by atoms with van der Waals surface area (Å²) in [5.41, 5.74) is 2.23. The number of anilines is 1. The SMILES string of the molecule is CNC(=O)C1=CCCC(N2CCN(c3nccc(B(O)O)c3C)C2=O)=C1. The Morgan fingerprint density at radius 2 is 2.04 bits per heavy atom. The van der Waals surface area contributed by atoms with Crippen LogP contribution in [0.25, 0.3) is 0 Å². The molecule has 8 nitrogen and oxygen atoms in total. The van der Waals surface area contributed by atoms with E-state index < -0.39 is 7.12 Å². The zero-order valence-electron chi connectivity index (χ0n) is 14.8. The molecule has 0 unspecified atom stereocenters. The van der Waals surface area contributed by atoms with Gasteiger partial charge >= 0.3 is 13.1 Å². The zero-order chi connectivity index (χ0) is 18.8. The Balaban J connectivity index is 1.85. The molecule has 3 rings (SSSR count). The van der Waals surface area contributed by atoms with Crippen molar-refractivity contribution < 1.29 is 19.6 Å². The van der Waals surface area contributed by atoms with Gasteiger partial charge in [-0.25, -0.2) is 9.78 Å². The van der Waals surface area contributed by atoms with E-state index in [1.54, 1.807) is 24.9 Å². The van der Waals surface area contributed by atoms with Gasteiger partial charge in [-0.05, 0) is 42.9 Å². The third-order valence-corrected chi connectivity index (χ3v) is 4.68. The number of aromatic nitrogens is 1. The monoisotopic (exact) mass is 356 g/mol. The van der Waals surface area contributed by atoms with E-state index in [1.165, 1.54) is 17.2 Å². The predicted molar refractivity (Wildman–Crippen MR) is 97.7 cm³/mol. The highest BCUT2D eigenvalue weighted by Crippen LogP contribution is 2.27. The highest BCUT2D eigenvalue weighted by molar-refractivity contribution is 6.59. The van der Waals surface area contributed by atoms with Crippen molar-refractivity contribution in [2.75, 3.05) is 25.0 Å². The second-order valence-corrected chi connectivity index (χ2v) is 6.22. The zero-order valence-corrected chi connectivity index (χ0v) is 14.8. The van der Waals surface area contributed by atoms with E-state index in [4.69, 9.17) is 0 Å². The lowest BCUT2D eigenvalue weighted by molar-refractivity contribution is -0.116. The molecule has 2 heterocycles. The number of allylic oxidation sites excluding steroid dienone is 2. The molecule has 0 saturated carbocycles. The van der Waals surface area contributed by atoms with E-state index >= 15 is 0 Å². The average molecular weight is 356 g/mol. The van der Waals surface area contributed by atoms with Gasteiger partial charge in [0.15, 0.2) is 0 Å². The highest BCUT2D eigenvalue weighted by Gasteiger charge is 2.34. The van der Waals surface area contributed by atoms with Crippen molar-refractivity contribution in [3.05, 3.63) is 41.2 Å². The molecule has 9 heteroatoms. The molecule has 3 N–H and O–H groups in total. The number of carbonyl (C=O) groups excluding carboxylic acids is 2. The van der Waals surface area contributed by atoms with Crippen LogP contribution < -0.4 is 15.7 Å². The van der Waals surface area contributed by atoms with E-state index in [0.717, 1.165) is 5.70 Å². The van der Waals surface area contributed by atoms with Crippen molar-refractivity contribution in [3.63, 3.8) is 0 Å². The Morgan fingerprint density at radius 3 is 2.73 bits per heavy atom. The van der Waals surface area contributed by atoms with Crippen LogP contribution in [-0.4, -0.2) is 59.1 Å². The first-order valence-electron chi connectivity index (χ1n) is 8.47. The molecule has 1 aliphatic heterocycles. The molecular weight excluding hydrogens is 335 g/mol. The van der Waals surface area contributed by atoms with Crippen molar-refractivity contribution >= 4 is 30.3 Å². The Labute approximate surface area is 152 Å². The predicted octanol–water partition coefficient (Wildman–Crippen LogP) is -0.338. The minimum absolute atomic E-state index is 0.173. The van der Waals surface area contributed by atoms with E-state index in [2.05, 4.69) is 10.3 Å². The molecule has 1 saturated heterocycles. The smallest absolute Gasteiger partial charge is 0.423 e. The molecule has 26 heavy (non-hydrogen) atoms. The maximum absolute atomic E-state index is 12.9. The first-order valence-corrected chi connectivity index (χ1v) is 8.47. The summed E-state index contributed by atoms with van der Waals surface area (Å²) in [5.74, 6) is 0.245. The van der Waals surface area contributed by atoms with Crippen molar-refractivity contribution in [1.29, 1.82) is 0 Å². The van der Waals surface area contributed by atoms with Gasteiger partial charge in [0.25, 0.3) is 5.91 Å². The minimum Gasteiger partial charge on any atom is -0.423 e. The van der Waals surface area contributed by atoms with Gasteiger partial charge in [0.2, 0.25) is 0 Å². The Kier molecular flexibility index (Phi) is 5.10. The third-order valence-electron chi connectivity index (χ3n) is 4.68. The summed E-state index contributed by atoms with van der Waals surface area (Å²) < 4.78 is 0. The van der Waals surface area contributed by atoms with Gasteiger partial charge in [-0.15, -0.1) is 0 Å². The molecule has 1 aromatic rings. The number of urea groups is 1. The van der Waals surface area contributed by atoms with Crippen LogP contribution >= 0.6 is 0 Å². The molecule has 0 radical (unpaired) electrons. The average Bonchev–Trinajstić information content (AvgIpc) is 3.02. The van der Waals surface area contributed by atoms with Crippen molar-refractivity contribution in [1.82, 2.24) is 15.2 Å². The molecule has 1 fully saturated rings. The summed E-state index contributed by atoms with van der Waals surface area (Å²) in [5, 5.41) is 21.5. The lowest BCUT2D eigenvalue weighted by Gasteiger charge is -2.24. The number of hydrogen-bond donors (Lipinski definition) is 3. The summed E-state index contributed by atoms with van der Waals surface area (Å²) in [6.07, 6.45) is 6.44. The van der Waals surface area contributed by atoms with Crippen LogP contribution in [0.3, 0.4) is 0 Å². The van der Waals surface area contributed by atoms with Crippen LogP contribution in [-0.2, 0) is 4.79 Å². The Hall–Kier alpha value is -2.65. The molecule has 0 atom stereocenters. The van der Waals surface area contributed by atoms with Crippen LogP contribution in [0.2, 0.25) is 0 Å². The molecule has 3 amide bonds. The van der Waals surface area contributed by atoms with Crippen molar-refractivity contribution in [3.8, 4) is 0 Å². The summed E-state index contributed by atoms with van der Waals surface area (Å²) in [7, 11) is -0.0442. The normalized spacial score (nSPS) is 17.2. The van der Waals surface area contributed by atoms with Crippen molar-refractivity contribution in [2.24, 2.45) is 0 Å². The van der Waals surface area contributed by atoms with Crippen LogP contribution in [0.15, 0.2) is 35.7 Å². The summed E-state index contributed by atoms with van der Waals surface area (Å²) in [6, 6.07) is 1.29. The second-order valence-electron chi connectivity index (χ2n) is 6.22. The molecular formula is C17H21BN4O4. The maximum atomic E-state index is 12.9. The number of amides is 3. The van der Waals surface area contributed by atoms with Gasteiger partial charge < -0.3 is 15.4 Å². The first-order chi connectivity index (χ1) is 12.4. The standard InChI is InChI=1S/C17H21BN4O4/c1-11-14(18(25)26)6-7-20-15(11)22-9-8-21(17(22)24)13-5-3-4-12(10-13)16(23)19-2/h4,6-7,10,25-26H,3,5,8-9H2,1-2H3,(H,19,23). The summed E-state index contributed by atoms with van der Waals surface area (Å²) in [4.78, 5) is 32.2. The molecule has 0 bridgehead atoms. The van der Waals surface area contributed by atoms with Crippen LogP contribution in [0.5, 0.6) is 0 Å². The Bertz CT molecular complexity index is 806. The quantitative estimate of drug-likeness (QED) is 0.640. The van der Waals surface area contributed by atoms with Gasteiger partial charge in [-0.1, -0.05) is 6.08 Å². The summed E-state index contributed by atoms with van der Waals surface area (Å²) >= 11 is 0. The fraction of sp³-hybridized carbons (Fsp3) is 0.353. The minimum atomic E-state index is -1.62. The van der Waals surface area contributed by atoms with Gasteiger partial charge in [-0.2, -0.15) is 0 Å². The van der Waals surface area contributed by atoms with E-state index in [0.29, 0.717) is 48.3 Å². The number of nitrogens with one attached hydrogen (secondary N) is 1. The lowest BCUT2D eigenvalue weighted by atomic mass is 9.78. The third kappa shape index (κ3) is 3.23. The largest absolute Gasteiger partial charge is 0.488 e. The first kappa shape index (κ1) is 18.2. The fourth-order valence-corrected chi connectivity index (χ4v) is 3.29. The fourth-order valence-electron chi connectivity index (χ4n) is 3.29. The van der Waals surface area contributed by atoms with Gasteiger partial charge in [0.05, 0.1) is 0 Å². The molecule has 1 aromatic heterocycles. The van der Waals surface area contributed by atoms with Crippen molar-refractivity contribution in [2.45, 2.75) is 19.8 Å². The number of rotatable bonds is 4. The van der Waals surface area contributed by atoms with Crippen LogP contribution in [0, 0.1) is 6.92 Å². The van der Waals surface area contributed by atoms with Gasteiger partial charge in [0, 0.05) is 37.6 Å². The second kappa shape index (κ2) is 7.31. The van der Waals surface area contributed by atoms with Gasteiger partial charge in [0.1, 0.15) is 5.82 Å². The van der Waals surface area contributed by atoms with Gasteiger partial charge in [-0.3, -0.25) is 14.6 Å². The number of nitrogens with zero attached hydrogens (tertiary/aromatic N) is 3. The maximum Gasteiger partial charge on any atom is 0.488 e. The van der Waals surface area contributed by atoms with Crippen LogP contribution in [0.4, 0.5) is 10.6 Å². The van der Waals surface area contributed by atoms with E-state index in [1.807, 2.05) is 6.08 Å². The lowest BCUT2D eigenvalue weighted by Crippen LogP contribution is -2.37. The van der Waals surface area contributed by atoms with E-state index in [-0.39, 0.29) is 11.9 Å². The summed E-state index contributed by atoms with van der Waals surface area (Å²) in [6.45, 7) is 2.63. The number of carbonyl (C=O) groups is 2.